The van der Waals surface area contributed by atoms with Crippen LogP contribution < -0.4 is 0 Å². The molecule has 3 aromatic rings. The van der Waals surface area contributed by atoms with Gasteiger partial charge < -0.3 is 19.7 Å². The highest BCUT2D eigenvalue weighted by Gasteiger charge is 2.35. The number of carbonyl (C=O) groups excluding carboxylic acids is 1. The van der Waals surface area contributed by atoms with Gasteiger partial charge in [-0.25, -0.2) is 9.78 Å². The number of rotatable bonds is 4. The molecule has 0 saturated carbocycles. The number of amides is 1. The molecule has 3 heterocycles. The predicted molar refractivity (Wildman–Crippen MR) is 109 cm³/mol. The van der Waals surface area contributed by atoms with E-state index >= 15 is 0 Å². The molecular weight excluding hydrogens is 354 g/mol. The Labute approximate surface area is 165 Å². The molecule has 4 rings (SSSR count). The van der Waals surface area contributed by atoms with E-state index in [9.17, 15) is 9.90 Å². The van der Waals surface area contributed by atoms with Gasteiger partial charge in [-0.15, -0.1) is 0 Å². The number of aliphatic hydroxyl groups excluding tert-OH is 1. The zero-order valence-corrected chi connectivity index (χ0v) is 16.3. The van der Waals surface area contributed by atoms with E-state index in [-0.39, 0.29) is 18.7 Å². The van der Waals surface area contributed by atoms with Gasteiger partial charge in [0.1, 0.15) is 12.3 Å². The quantitative estimate of drug-likeness (QED) is 0.718. The third kappa shape index (κ3) is 4.51. The van der Waals surface area contributed by atoms with Gasteiger partial charge in [-0.2, -0.15) is 0 Å². The summed E-state index contributed by atoms with van der Waals surface area (Å²) < 4.78 is 5.45. The molecule has 2 N–H and O–H groups in total. The Kier molecular flexibility index (Phi) is 6.66. The highest BCUT2D eigenvalue weighted by Crippen LogP contribution is 2.26. The van der Waals surface area contributed by atoms with Crippen molar-refractivity contribution in [2.75, 3.05) is 6.54 Å². The van der Waals surface area contributed by atoms with Gasteiger partial charge in [0.15, 0.2) is 0 Å². The van der Waals surface area contributed by atoms with E-state index in [4.69, 9.17) is 4.74 Å². The van der Waals surface area contributed by atoms with E-state index in [1.54, 1.807) is 11.1 Å². The molecule has 0 spiro atoms. The van der Waals surface area contributed by atoms with Gasteiger partial charge in [-0.05, 0) is 36.1 Å². The molecule has 1 aromatic carbocycles. The first-order chi connectivity index (χ1) is 13.7. The Morgan fingerprint density at radius 1 is 1.25 bits per heavy atom. The van der Waals surface area contributed by atoms with Gasteiger partial charge in [0.05, 0.1) is 12.6 Å². The Hall–Kier alpha value is -2.86. The molecule has 1 aliphatic rings. The maximum absolute atomic E-state index is 12.5. The number of likely N-dealkylation sites (tertiary alicyclic amines) is 1. The number of hydrogen-bond donors (Lipinski definition) is 2. The number of hydrogen-bond acceptors (Lipinski definition) is 4. The van der Waals surface area contributed by atoms with Crippen molar-refractivity contribution in [3.63, 3.8) is 0 Å². The van der Waals surface area contributed by atoms with Crippen LogP contribution in [0.4, 0.5) is 4.79 Å². The number of benzene rings is 1. The van der Waals surface area contributed by atoms with E-state index in [1.165, 1.54) is 0 Å². The summed E-state index contributed by atoms with van der Waals surface area (Å²) in [5.41, 5.74) is 2.87. The average Bonchev–Trinajstić information content (AvgIpc) is 3.32. The lowest BCUT2D eigenvalue weighted by atomic mass is 10.0. The summed E-state index contributed by atoms with van der Waals surface area (Å²) in [6.45, 7) is 4.54. The fourth-order valence-electron chi connectivity index (χ4n) is 3.55. The van der Waals surface area contributed by atoms with Gasteiger partial charge in [-0.3, -0.25) is 0 Å². The van der Waals surface area contributed by atoms with Crippen molar-refractivity contribution >= 4 is 17.1 Å². The molecule has 148 valence electrons. The molecular formula is C22H27N3O3. The number of aromatic amines is 1. The molecule has 28 heavy (non-hydrogen) atoms. The van der Waals surface area contributed by atoms with Gasteiger partial charge in [-0.1, -0.05) is 44.2 Å². The van der Waals surface area contributed by atoms with Crippen LogP contribution in [-0.2, 0) is 17.8 Å². The molecule has 2 atom stereocenters. The predicted octanol–water partition coefficient (Wildman–Crippen LogP) is 3.90. The summed E-state index contributed by atoms with van der Waals surface area (Å²) in [5.74, 6) is 0. The summed E-state index contributed by atoms with van der Waals surface area (Å²) in [4.78, 5) is 21.6. The number of pyridine rings is 1. The second-order valence-electron chi connectivity index (χ2n) is 6.65. The van der Waals surface area contributed by atoms with Crippen LogP contribution >= 0.6 is 0 Å². The molecule has 1 fully saturated rings. The van der Waals surface area contributed by atoms with E-state index in [1.807, 2.05) is 62.5 Å². The van der Waals surface area contributed by atoms with Crippen molar-refractivity contribution in [3.05, 3.63) is 66.0 Å². The van der Waals surface area contributed by atoms with E-state index in [0.717, 1.165) is 22.2 Å². The van der Waals surface area contributed by atoms with Crippen molar-refractivity contribution in [1.29, 1.82) is 0 Å². The van der Waals surface area contributed by atoms with Gasteiger partial charge in [0.25, 0.3) is 0 Å². The minimum Gasteiger partial charge on any atom is -0.445 e. The van der Waals surface area contributed by atoms with Crippen molar-refractivity contribution in [2.45, 2.75) is 45.4 Å². The Bertz CT molecular complexity index is 894. The standard InChI is InChI=1S/C20H21N3O3.C2H6/c24-17-10-16(9-15-11-22-19-18(15)7-4-8-21-19)23(12-17)20(25)26-13-14-5-2-1-3-6-14;1-2/h1-8,11,16-17,24H,9-10,12-13H2,(H,21,22);1-2H3/t16?,17-;/m1./s1. The number of fused-ring (bicyclic) bond motifs is 1. The van der Waals surface area contributed by atoms with Crippen LogP contribution in [0.2, 0.25) is 0 Å². The number of H-pyrrole nitrogens is 1. The number of aromatic nitrogens is 2. The van der Waals surface area contributed by atoms with Crippen LogP contribution in [0.5, 0.6) is 0 Å². The molecule has 0 radical (unpaired) electrons. The summed E-state index contributed by atoms with van der Waals surface area (Å²) in [6, 6.07) is 13.4. The molecule has 1 aliphatic heterocycles. The number of nitrogens with zero attached hydrogens (tertiary/aromatic N) is 2. The van der Waals surface area contributed by atoms with Crippen LogP contribution in [0.25, 0.3) is 11.0 Å². The maximum atomic E-state index is 12.5. The van der Waals surface area contributed by atoms with Crippen molar-refractivity contribution in [3.8, 4) is 0 Å². The molecule has 1 amide bonds. The first kappa shape index (κ1) is 19.9. The number of aliphatic hydroxyl groups is 1. The van der Waals surface area contributed by atoms with Gasteiger partial charge in [0, 0.05) is 23.8 Å². The normalized spacial score (nSPS) is 18.6. The van der Waals surface area contributed by atoms with Gasteiger partial charge in [0.2, 0.25) is 0 Å². The van der Waals surface area contributed by atoms with Crippen molar-refractivity contribution < 1.29 is 14.6 Å². The zero-order chi connectivity index (χ0) is 19.9. The number of β-amino-alcohol motifs (C(OH)–C–C–N with tert-alkyl or cyclic N) is 1. The Morgan fingerprint density at radius 3 is 2.82 bits per heavy atom. The average molecular weight is 381 g/mol. The molecule has 0 aliphatic carbocycles. The number of nitrogens with one attached hydrogen (secondary N) is 1. The highest BCUT2D eigenvalue weighted by atomic mass is 16.6. The van der Waals surface area contributed by atoms with Gasteiger partial charge >= 0.3 is 6.09 Å². The molecule has 6 nitrogen and oxygen atoms in total. The fourth-order valence-corrected chi connectivity index (χ4v) is 3.55. The summed E-state index contributed by atoms with van der Waals surface area (Å²) in [7, 11) is 0. The van der Waals surface area contributed by atoms with Crippen molar-refractivity contribution in [2.24, 2.45) is 0 Å². The Balaban J connectivity index is 0.00000109. The molecule has 6 heteroatoms. The number of carbonyl (C=O) groups is 1. The van der Waals surface area contributed by atoms with Crippen LogP contribution in [-0.4, -0.2) is 44.8 Å². The summed E-state index contributed by atoms with van der Waals surface area (Å²) in [6.07, 6.45) is 3.97. The monoisotopic (exact) mass is 381 g/mol. The second-order valence-corrected chi connectivity index (χ2v) is 6.65. The zero-order valence-electron chi connectivity index (χ0n) is 16.3. The minimum absolute atomic E-state index is 0.0903. The third-order valence-corrected chi connectivity index (χ3v) is 4.82. The highest BCUT2D eigenvalue weighted by molar-refractivity contribution is 5.79. The van der Waals surface area contributed by atoms with E-state index in [2.05, 4.69) is 9.97 Å². The molecule has 0 bridgehead atoms. The third-order valence-electron chi connectivity index (χ3n) is 4.82. The first-order valence-corrected chi connectivity index (χ1v) is 9.77. The van der Waals surface area contributed by atoms with Crippen LogP contribution in [0.15, 0.2) is 54.9 Å². The molecule has 1 saturated heterocycles. The molecule has 2 aromatic heterocycles. The molecule has 1 unspecified atom stereocenters. The summed E-state index contributed by atoms with van der Waals surface area (Å²) in [5, 5.41) is 11.1. The SMILES string of the molecule is CC.O=C(OCc1ccccc1)N1C[C@H](O)CC1Cc1c[nH]c2ncccc12. The minimum atomic E-state index is -0.521. The fraction of sp³-hybridized carbons (Fsp3) is 0.364. The Morgan fingerprint density at radius 2 is 2.04 bits per heavy atom. The summed E-state index contributed by atoms with van der Waals surface area (Å²) >= 11 is 0. The largest absolute Gasteiger partial charge is 0.445 e. The lowest BCUT2D eigenvalue weighted by Gasteiger charge is -2.23. The number of ether oxygens (including phenoxy) is 1. The van der Waals surface area contributed by atoms with Crippen LogP contribution in [0, 0.1) is 0 Å². The van der Waals surface area contributed by atoms with Crippen LogP contribution in [0.3, 0.4) is 0 Å². The maximum Gasteiger partial charge on any atom is 0.410 e. The van der Waals surface area contributed by atoms with Crippen LogP contribution in [0.1, 0.15) is 31.4 Å². The lowest BCUT2D eigenvalue weighted by molar-refractivity contribution is 0.0877. The second kappa shape index (κ2) is 9.37. The van der Waals surface area contributed by atoms with E-state index in [0.29, 0.717) is 19.4 Å². The first-order valence-electron chi connectivity index (χ1n) is 9.77. The van der Waals surface area contributed by atoms with Crippen molar-refractivity contribution in [1.82, 2.24) is 14.9 Å². The topological polar surface area (TPSA) is 78.5 Å². The lowest BCUT2D eigenvalue weighted by Crippen LogP contribution is -2.37. The van der Waals surface area contributed by atoms with E-state index < -0.39 is 6.10 Å². The smallest absolute Gasteiger partial charge is 0.410 e.